The average Bonchev–Trinajstić information content (AvgIpc) is 2.51. The molecule has 0 spiro atoms. The fraction of sp³-hybridized carbons (Fsp3) is 0.800. The molecule has 0 radical (unpaired) electrons. The molecule has 4 nitrogen and oxygen atoms in total. The zero-order valence-corrected chi connectivity index (χ0v) is 8.73. The summed E-state index contributed by atoms with van der Waals surface area (Å²) in [7, 11) is 0. The summed E-state index contributed by atoms with van der Waals surface area (Å²) in [6.07, 6.45) is 1.89. The normalized spacial score (nSPS) is 21.4. The number of ether oxygens (including phenoxy) is 1. The number of hydrogen-bond donors (Lipinski definition) is 0. The van der Waals surface area contributed by atoms with Gasteiger partial charge in [-0.25, -0.2) is 0 Å². The molecule has 0 aromatic carbocycles. The van der Waals surface area contributed by atoms with Crippen LogP contribution in [0.4, 0.5) is 0 Å². The highest BCUT2D eigenvalue weighted by Gasteiger charge is 2.29. The number of likely N-dealkylation sites (tertiary alicyclic amines) is 1. The highest BCUT2D eigenvalue weighted by molar-refractivity contribution is 5.77. The molecule has 4 heteroatoms. The highest BCUT2D eigenvalue weighted by atomic mass is 16.5. The molecule has 0 aromatic rings. The number of nitrogens with zero attached hydrogens (tertiary/aromatic N) is 1. The summed E-state index contributed by atoms with van der Waals surface area (Å²) < 4.78 is 4.84. The van der Waals surface area contributed by atoms with Gasteiger partial charge in [0.2, 0.25) is 5.91 Å². The SMILES string of the molecule is CC(C)CC(=O)N1CCCC1OC=O. The van der Waals surface area contributed by atoms with Gasteiger partial charge in [0.15, 0.2) is 6.23 Å². The molecule has 0 bridgehead atoms. The lowest BCUT2D eigenvalue weighted by Gasteiger charge is -2.23. The van der Waals surface area contributed by atoms with Crippen molar-refractivity contribution in [2.75, 3.05) is 6.54 Å². The van der Waals surface area contributed by atoms with Gasteiger partial charge in [-0.2, -0.15) is 0 Å². The molecule has 1 aliphatic rings. The zero-order valence-electron chi connectivity index (χ0n) is 8.73. The second kappa shape index (κ2) is 4.98. The molecule has 1 saturated heterocycles. The van der Waals surface area contributed by atoms with E-state index in [2.05, 4.69) is 0 Å². The highest BCUT2D eigenvalue weighted by Crippen LogP contribution is 2.19. The van der Waals surface area contributed by atoms with E-state index in [0.717, 1.165) is 12.8 Å². The Morgan fingerprint density at radius 3 is 2.93 bits per heavy atom. The maximum absolute atomic E-state index is 11.7. The van der Waals surface area contributed by atoms with Crippen LogP contribution in [0.5, 0.6) is 0 Å². The van der Waals surface area contributed by atoms with Gasteiger partial charge in [0.25, 0.3) is 6.47 Å². The van der Waals surface area contributed by atoms with Gasteiger partial charge in [-0.3, -0.25) is 9.59 Å². The van der Waals surface area contributed by atoms with Crippen LogP contribution in [0, 0.1) is 5.92 Å². The van der Waals surface area contributed by atoms with E-state index in [1.54, 1.807) is 4.90 Å². The van der Waals surface area contributed by atoms with E-state index in [4.69, 9.17) is 4.74 Å². The molecule has 1 atom stereocenters. The molecular weight excluding hydrogens is 182 g/mol. The summed E-state index contributed by atoms with van der Waals surface area (Å²) in [6.45, 7) is 5.14. The van der Waals surface area contributed by atoms with E-state index in [9.17, 15) is 9.59 Å². The summed E-state index contributed by atoms with van der Waals surface area (Å²) in [5.41, 5.74) is 0. The van der Waals surface area contributed by atoms with Crippen molar-refractivity contribution in [2.45, 2.75) is 39.3 Å². The van der Waals surface area contributed by atoms with Crippen LogP contribution in [0.2, 0.25) is 0 Å². The Balaban J connectivity index is 2.48. The minimum absolute atomic E-state index is 0.0874. The lowest BCUT2D eigenvalue weighted by molar-refractivity contribution is -0.150. The first kappa shape index (κ1) is 11.0. The van der Waals surface area contributed by atoms with Crippen LogP contribution < -0.4 is 0 Å². The lowest BCUT2D eigenvalue weighted by atomic mass is 10.1. The van der Waals surface area contributed by atoms with Gasteiger partial charge in [-0.15, -0.1) is 0 Å². The third-order valence-corrected chi connectivity index (χ3v) is 2.31. The Labute approximate surface area is 84.2 Å². The molecule has 0 N–H and O–H groups in total. The molecular formula is C10H17NO3. The lowest BCUT2D eigenvalue weighted by Crippen LogP contribution is -2.37. The van der Waals surface area contributed by atoms with Gasteiger partial charge in [0, 0.05) is 19.4 Å². The standard InChI is InChI=1S/C10H17NO3/c1-8(2)6-9(13)11-5-3-4-10(11)14-7-12/h7-8,10H,3-6H2,1-2H3. The maximum atomic E-state index is 11.7. The smallest absolute Gasteiger partial charge is 0.295 e. The molecule has 1 unspecified atom stereocenters. The Hall–Kier alpha value is -1.06. The maximum Gasteiger partial charge on any atom is 0.295 e. The topological polar surface area (TPSA) is 46.6 Å². The fourth-order valence-electron chi connectivity index (χ4n) is 1.69. The Bertz CT molecular complexity index is 215. The molecule has 1 fully saturated rings. The largest absolute Gasteiger partial charge is 0.444 e. The third kappa shape index (κ3) is 2.72. The number of rotatable bonds is 4. The van der Waals surface area contributed by atoms with Crippen molar-refractivity contribution in [3.05, 3.63) is 0 Å². The van der Waals surface area contributed by atoms with Gasteiger partial charge in [-0.1, -0.05) is 13.8 Å². The van der Waals surface area contributed by atoms with Gasteiger partial charge >= 0.3 is 0 Å². The van der Waals surface area contributed by atoms with Gasteiger partial charge < -0.3 is 9.64 Å². The first-order valence-corrected chi connectivity index (χ1v) is 5.03. The predicted molar refractivity (Wildman–Crippen MR) is 51.3 cm³/mol. The summed E-state index contributed by atoms with van der Waals surface area (Å²) in [4.78, 5) is 23.5. The Morgan fingerprint density at radius 1 is 1.64 bits per heavy atom. The zero-order chi connectivity index (χ0) is 10.6. The molecule has 1 rings (SSSR count). The molecule has 1 amide bonds. The van der Waals surface area contributed by atoms with Crippen LogP contribution in [0.15, 0.2) is 0 Å². The Kier molecular flexibility index (Phi) is 3.92. The molecule has 1 heterocycles. The van der Waals surface area contributed by atoms with Crippen molar-refractivity contribution < 1.29 is 14.3 Å². The number of hydrogen-bond acceptors (Lipinski definition) is 3. The minimum Gasteiger partial charge on any atom is -0.444 e. The van der Waals surface area contributed by atoms with E-state index in [1.807, 2.05) is 13.8 Å². The van der Waals surface area contributed by atoms with Gasteiger partial charge in [0.1, 0.15) is 0 Å². The molecule has 0 aromatic heterocycles. The molecule has 80 valence electrons. The second-order valence-corrected chi connectivity index (χ2v) is 4.01. The van der Waals surface area contributed by atoms with Gasteiger partial charge in [-0.05, 0) is 12.3 Å². The number of carbonyl (C=O) groups is 2. The molecule has 0 aliphatic carbocycles. The summed E-state index contributed by atoms with van der Waals surface area (Å²) in [6, 6.07) is 0. The molecule has 1 aliphatic heterocycles. The minimum atomic E-state index is -0.321. The summed E-state index contributed by atoms with van der Waals surface area (Å²) in [5, 5.41) is 0. The Morgan fingerprint density at radius 2 is 2.36 bits per heavy atom. The van der Waals surface area contributed by atoms with Crippen molar-refractivity contribution >= 4 is 12.4 Å². The van der Waals surface area contributed by atoms with E-state index < -0.39 is 0 Å². The van der Waals surface area contributed by atoms with Crippen molar-refractivity contribution in [3.63, 3.8) is 0 Å². The second-order valence-electron chi connectivity index (χ2n) is 4.01. The van der Waals surface area contributed by atoms with E-state index in [-0.39, 0.29) is 12.1 Å². The summed E-state index contributed by atoms with van der Waals surface area (Å²) >= 11 is 0. The van der Waals surface area contributed by atoms with Crippen LogP contribution >= 0.6 is 0 Å². The monoisotopic (exact) mass is 199 g/mol. The van der Waals surface area contributed by atoms with Crippen LogP contribution in [0.3, 0.4) is 0 Å². The van der Waals surface area contributed by atoms with E-state index >= 15 is 0 Å². The van der Waals surface area contributed by atoms with Crippen molar-refractivity contribution in [1.82, 2.24) is 4.90 Å². The van der Waals surface area contributed by atoms with Crippen LogP contribution in [-0.2, 0) is 14.3 Å². The van der Waals surface area contributed by atoms with E-state index in [0.29, 0.717) is 25.4 Å². The number of amides is 1. The number of carbonyl (C=O) groups excluding carboxylic acids is 2. The third-order valence-electron chi connectivity index (χ3n) is 2.31. The summed E-state index contributed by atoms with van der Waals surface area (Å²) in [5.74, 6) is 0.435. The van der Waals surface area contributed by atoms with Crippen molar-refractivity contribution in [3.8, 4) is 0 Å². The molecule has 14 heavy (non-hydrogen) atoms. The first-order valence-electron chi connectivity index (χ1n) is 5.03. The molecule has 0 saturated carbocycles. The van der Waals surface area contributed by atoms with Gasteiger partial charge in [0.05, 0.1) is 0 Å². The average molecular weight is 199 g/mol. The fourth-order valence-corrected chi connectivity index (χ4v) is 1.69. The van der Waals surface area contributed by atoms with Crippen LogP contribution in [-0.4, -0.2) is 30.1 Å². The predicted octanol–water partition coefficient (Wildman–Crippen LogP) is 1.15. The van der Waals surface area contributed by atoms with Crippen molar-refractivity contribution in [2.24, 2.45) is 5.92 Å². The van der Waals surface area contributed by atoms with Crippen LogP contribution in [0.25, 0.3) is 0 Å². The first-order chi connectivity index (χ1) is 6.65. The van der Waals surface area contributed by atoms with Crippen LogP contribution in [0.1, 0.15) is 33.1 Å². The van der Waals surface area contributed by atoms with Crippen molar-refractivity contribution in [1.29, 1.82) is 0 Å². The van der Waals surface area contributed by atoms with E-state index in [1.165, 1.54) is 0 Å². The quantitative estimate of drug-likeness (QED) is 0.638.